The lowest BCUT2D eigenvalue weighted by Gasteiger charge is -2.06. The van der Waals surface area contributed by atoms with E-state index in [1.54, 1.807) is 25.3 Å². The maximum atomic E-state index is 12.2. The van der Waals surface area contributed by atoms with Crippen molar-refractivity contribution in [3.05, 3.63) is 58.4 Å². The number of methoxy groups -OCH3 is 1. The Morgan fingerprint density at radius 2 is 1.91 bits per heavy atom. The van der Waals surface area contributed by atoms with E-state index >= 15 is 0 Å². The van der Waals surface area contributed by atoms with Crippen LogP contribution in [0.15, 0.2) is 30.3 Å². The number of hydrogen-bond acceptors (Lipinski definition) is 4. The lowest BCUT2D eigenvalue weighted by Crippen LogP contribution is -2.15. The first-order valence-electron chi connectivity index (χ1n) is 7.35. The number of ketones is 1. The average molecular weight is 315 g/mol. The first-order chi connectivity index (χ1) is 10.9. The van der Waals surface area contributed by atoms with Crippen LogP contribution in [0.5, 0.6) is 0 Å². The monoisotopic (exact) mass is 315 g/mol. The molecular formula is C18H21NO4. The molecular weight excluding hydrogens is 294 g/mol. The maximum absolute atomic E-state index is 12.2. The van der Waals surface area contributed by atoms with Crippen LogP contribution in [0.25, 0.3) is 0 Å². The molecule has 0 saturated heterocycles. The number of carbonyl (C=O) groups excluding carboxylic acids is 2. The number of aryl methyl sites for hydroxylation is 1. The Hall–Kier alpha value is -2.40. The van der Waals surface area contributed by atoms with Gasteiger partial charge in [0.2, 0.25) is 5.78 Å². The topological polar surface area (TPSA) is 57.5 Å². The Kier molecular flexibility index (Phi) is 5.34. The molecule has 1 aromatic heterocycles. The minimum Gasteiger partial charge on any atom is -0.454 e. The summed E-state index contributed by atoms with van der Waals surface area (Å²) in [6, 6.07) is 8.79. The molecule has 2 rings (SSSR count). The van der Waals surface area contributed by atoms with Crippen LogP contribution in [-0.2, 0) is 23.1 Å². The van der Waals surface area contributed by atoms with Crippen molar-refractivity contribution in [3.8, 4) is 0 Å². The Morgan fingerprint density at radius 1 is 1.17 bits per heavy atom. The van der Waals surface area contributed by atoms with Gasteiger partial charge in [-0.1, -0.05) is 12.1 Å². The third-order valence-corrected chi connectivity index (χ3v) is 3.88. The van der Waals surface area contributed by atoms with Crippen molar-refractivity contribution >= 4 is 11.8 Å². The van der Waals surface area contributed by atoms with Crippen molar-refractivity contribution in [2.24, 2.45) is 7.05 Å². The van der Waals surface area contributed by atoms with Gasteiger partial charge in [-0.3, -0.25) is 4.79 Å². The minimum atomic E-state index is -0.512. The molecule has 0 aliphatic rings. The number of carbonyl (C=O) groups is 2. The number of benzene rings is 1. The van der Waals surface area contributed by atoms with E-state index in [-0.39, 0.29) is 12.4 Å². The van der Waals surface area contributed by atoms with Crippen molar-refractivity contribution in [2.45, 2.75) is 20.5 Å². The second-order valence-corrected chi connectivity index (χ2v) is 5.48. The average Bonchev–Trinajstić information content (AvgIpc) is 2.80. The van der Waals surface area contributed by atoms with Crippen LogP contribution in [0.2, 0.25) is 0 Å². The quantitative estimate of drug-likeness (QED) is 0.607. The van der Waals surface area contributed by atoms with Gasteiger partial charge in [-0.25, -0.2) is 4.79 Å². The molecule has 0 aliphatic heterocycles. The Balaban J connectivity index is 2.02. The Morgan fingerprint density at radius 3 is 2.52 bits per heavy atom. The molecule has 2 aromatic rings. The second-order valence-electron chi connectivity index (χ2n) is 5.48. The largest absolute Gasteiger partial charge is 0.454 e. The summed E-state index contributed by atoms with van der Waals surface area (Å²) in [5.74, 6) is -0.714. The summed E-state index contributed by atoms with van der Waals surface area (Å²) >= 11 is 0. The fraction of sp³-hybridized carbons (Fsp3) is 0.333. The summed E-state index contributed by atoms with van der Waals surface area (Å²) in [6.07, 6.45) is 0. The fourth-order valence-corrected chi connectivity index (χ4v) is 2.38. The van der Waals surface area contributed by atoms with Gasteiger partial charge < -0.3 is 14.0 Å². The normalized spacial score (nSPS) is 10.6. The van der Waals surface area contributed by atoms with Crippen molar-refractivity contribution in [1.82, 2.24) is 4.57 Å². The van der Waals surface area contributed by atoms with E-state index in [0.717, 1.165) is 17.0 Å². The SMILES string of the molecule is COCc1cccc(C(=O)OCC(=O)c2cc(C)n(C)c2C)c1. The minimum absolute atomic E-state index is 0.201. The van der Waals surface area contributed by atoms with Gasteiger partial charge in [-0.15, -0.1) is 0 Å². The molecule has 0 N–H and O–H groups in total. The smallest absolute Gasteiger partial charge is 0.338 e. The molecule has 122 valence electrons. The summed E-state index contributed by atoms with van der Waals surface area (Å²) < 4.78 is 12.1. The van der Waals surface area contributed by atoms with Gasteiger partial charge in [-0.05, 0) is 37.6 Å². The third kappa shape index (κ3) is 3.87. The van der Waals surface area contributed by atoms with Gasteiger partial charge >= 0.3 is 5.97 Å². The molecule has 0 fully saturated rings. The molecule has 0 atom stereocenters. The van der Waals surface area contributed by atoms with Crippen molar-refractivity contribution in [1.29, 1.82) is 0 Å². The van der Waals surface area contributed by atoms with Crippen molar-refractivity contribution in [2.75, 3.05) is 13.7 Å². The molecule has 5 nitrogen and oxygen atoms in total. The summed E-state index contributed by atoms with van der Waals surface area (Å²) in [5.41, 5.74) is 3.73. The lowest BCUT2D eigenvalue weighted by atomic mass is 10.1. The molecule has 0 saturated carbocycles. The van der Waals surface area contributed by atoms with Crippen molar-refractivity contribution in [3.63, 3.8) is 0 Å². The number of Topliss-reactive ketones (excluding diaryl/α,β-unsaturated/α-hetero) is 1. The van der Waals surface area contributed by atoms with E-state index in [2.05, 4.69) is 0 Å². The van der Waals surface area contributed by atoms with Gasteiger partial charge in [-0.2, -0.15) is 0 Å². The molecule has 1 heterocycles. The first kappa shape index (κ1) is 17.0. The van der Waals surface area contributed by atoms with Crippen LogP contribution in [0.4, 0.5) is 0 Å². The van der Waals surface area contributed by atoms with E-state index in [4.69, 9.17) is 9.47 Å². The number of rotatable bonds is 6. The first-order valence-corrected chi connectivity index (χ1v) is 7.35. The molecule has 0 unspecified atom stereocenters. The predicted octanol–water partition coefficient (Wildman–Crippen LogP) is 2.83. The second kappa shape index (κ2) is 7.24. The Bertz CT molecular complexity index is 731. The van der Waals surface area contributed by atoms with Crippen molar-refractivity contribution < 1.29 is 19.1 Å². The van der Waals surface area contributed by atoms with E-state index in [1.807, 2.05) is 37.6 Å². The van der Waals surface area contributed by atoms with Crippen LogP contribution >= 0.6 is 0 Å². The van der Waals surface area contributed by atoms with Gasteiger partial charge in [0.15, 0.2) is 6.61 Å². The number of ether oxygens (including phenoxy) is 2. The highest BCUT2D eigenvalue weighted by molar-refractivity contribution is 6.00. The molecule has 1 aromatic carbocycles. The molecule has 0 radical (unpaired) electrons. The van der Waals surface area contributed by atoms with Gasteiger partial charge in [0, 0.05) is 31.1 Å². The lowest BCUT2D eigenvalue weighted by molar-refractivity contribution is 0.0474. The summed E-state index contributed by atoms with van der Waals surface area (Å²) in [5, 5.41) is 0. The van der Waals surface area contributed by atoms with E-state index in [9.17, 15) is 9.59 Å². The predicted molar refractivity (Wildman–Crippen MR) is 86.7 cm³/mol. The molecule has 0 aliphatic carbocycles. The highest BCUT2D eigenvalue weighted by Crippen LogP contribution is 2.14. The summed E-state index contributed by atoms with van der Waals surface area (Å²) in [6.45, 7) is 3.95. The number of nitrogens with zero attached hydrogens (tertiary/aromatic N) is 1. The zero-order valence-electron chi connectivity index (χ0n) is 13.9. The maximum Gasteiger partial charge on any atom is 0.338 e. The number of aromatic nitrogens is 1. The fourth-order valence-electron chi connectivity index (χ4n) is 2.38. The number of hydrogen-bond donors (Lipinski definition) is 0. The molecule has 5 heteroatoms. The van der Waals surface area contributed by atoms with Gasteiger partial charge in [0.05, 0.1) is 12.2 Å². The van der Waals surface area contributed by atoms with Crippen LogP contribution in [0, 0.1) is 13.8 Å². The van der Waals surface area contributed by atoms with E-state index < -0.39 is 5.97 Å². The van der Waals surface area contributed by atoms with E-state index in [0.29, 0.717) is 17.7 Å². The van der Waals surface area contributed by atoms with Crippen LogP contribution in [-0.4, -0.2) is 30.0 Å². The third-order valence-electron chi connectivity index (χ3n) is 3.88. The molecule has 23 heavy (non-hydrogen) atoms. The zero-order valence-corrected chi connectivity index (χ0v) is 13.9. The highest BCUT2D eigenvalue weighted by Gasteiger charge is 2.16. The highest BCUT2D eigenvalue weighted by atomic mass is 16.5. The van der Waals surface area contributed by atoms with Crippen LogP contribution in [0.3, 0.4) is 0 Å². The van der Waals surface area contributed by atoms with Gasteiger partial charge in [0.25, 0.3) is 0 Å². The number of esters is 1. The standard InChI is InChI=1S/C18H21NO4/c1-12-8-16(13(2)19(12)3)17(20)11-23-18(21)15-7-5-6-14(9-15)10-22-4/h5-9H,10-11H2,1-4H3. The summed E-state index contributed by atoms with van der Waals surface area (Å²) in [7, 11) is 3.49. The van der Waals surface area contributed by atoms with Crippen LogP contribution in [0.1, 0.15) is 37.7 Å². The molecule has 0 amide bonds. The summed E-state index contributed by atoms with van der Waals surface area (Å²) in [4.78, 5) is 24.3. The molecule has 0 spiro atoms. The Labute approximate surface area is 135 Å². The molecule has 0 bridgehead atoms. The van der Waals surface area contributed by atoms with Gasteiger partial charge in [0.1, 0.15) is 0 Å². The zero-order chi connectivity index (χ0) is 17.0. The van der Waals surface area contributed by atoms with E-state index in [1.165, 1.54) is 0 Å². The van der Waals surface area contributed by atoms with Crippen LogP contribution < -0.4 is 0 Å².